The molecule has 0 atom stereocenters. The van der Waals surface area contributed by atoms with Crippen LogP contribution in [-0.4, -0.2) is 39.8 Å². The summed E-state index contributed by atoms with van der Waals surface area (Å²) in [6, 6.07) is 0. The molecule has 0 aliphatic carbocycles. The summed E-state index contributed by atoms with van der Waals surface area (Å²) in [4.78, 5) is 19.8. The summed E-state index contributed by atoms with van der Waals surface area (Å²) in [6.07, 6.45) is 0.433. The fourth-order valence-electron chi connectivity index (χ4n) is 0.540. The second-order valence-corrected chi connectivity index (χ2v) is 4.64. The van der Waals surface area contributed by atoms with Crippen LogP contribution in [-0.2, 0) is 17.2 Å². The number of Topliss-reactive ketones (excluding diaryl/α,β-unsaturated/α-hetero) is 1. The van der Waals surface area contributed by atoms with E-state index in [9.17, 15) is 14.7 Å². The quantitative estimate of drug-likeness (QED) is 0.491. The Kier molecular flexibility index (Phi) is 13.4. The number of rotatable bonds is 7. The van der Waals surface area contributed by atoms with Crippen LogP contribution in [0.4, 0.5) is 0 Å². The van der Waals surface area contributed by atoms with E-state index >= 15 is 0 Å². The van der Waals surface area contributed by atoms with Crippen LogP contribution in [0.5, 0.6) is 0 Å². The van der Waals surface area contributed by atoms with Gasteiger partial charge in [-0.3, -0.25) is 4.79 Å². The van der Waals surface area contributed by atoms with Crippen molar-refractivity contribution in [3.05, 3.63) is 0 Å². The average molecular weight is 260 g/mol. The average Bonchev–Trinajstić information content (AvgIpc) is 2.16. The third-order valence-electron chi connectivity index (χ3n) is 1.39. The van der Waals surface area contributed by atoms with Gasteiger partial charge in [0.05, 0.1) is 0 Å². The van der Waals surface area contributed by atoms with Gasteiger partial charge >= 0.3 is 63.4 Å². The summed E-state index contributed by atoms with van der Waals surface area (Å²) in [6.45, 7) is 9.66. The molecular weight excluding hydrogens is 239 g/mol. The Morgan fingerprint density at radius 1 is 1.12 bits per heavy atom. The van der Waals surface area contributed by atoms with Gasteiger partial charge in [0.2, 0.25) is 0 Å². The number of aliphatic carboxylic acids is 1. The van der Waals surface area contributed by atoms with Gasteiger partial charge < -0.3 is 9.90 Å². The van der Waals surface area contributed by atoms with Crippen LogP contribution in [0.15, 0.2) is 0 Å². The van der Waals surface area contributed by atoms with Gasteiger partial charge in [0.25, 0.3) is 0 Å². The molecule has 5 nitrogen and oxygen atoms in total. The smallest absolute Gasteiger partial charge is 0.138 e. The molecule has 0 saturated carbocycles. The number of hydrogen-bond donors (Lipinski definition) is 0. The van der Waals surface area contributed by atoms with Crippen LogP contribution in [0.25, 0.3) is 0 Å². The van der Waals surface area contributed by atoms with Crippen molar-refractivity contribution in [3.8, 4) is 0 Å². The minimum atomic E-state index is -1.29. The molecule has 17 heavy (non-hydrogen) atoms. The predicted molar refractivity (Wildman–Crippen MR) is 63.1 cm³/mol. The number of carbonyl (C=O) groups excluding carboxylic acids is 2. The van der Waals surface area contributed by atoms with Crippen molar-refractivity contribution in [2.75, 3.05) is 0 Å². The molecule has 0 unspecified atom stereocenters. The first-order valence-corrected chi connectivity index (χ1v) is 6.58. The molecule has 0 aromatic heterocycles. The summed E-state index contributed by atoms with van der Waals surface area (Å²) in [5.41, 5.74) is 0. The van der Waals surface area contributed by atoms with Gasteiger partial charge in [-0.25, -0.2) is 0 Å². The van der Waals surface area contributed by atoms with Gasteiger partial charge in [-0.15, -0.1) is 0 Å². The van der Waals surface area contributed by atoms with Crippen LogP contribution < -0.4 is 5.11 Å². The van der Waals surface area contributed by atoms with E-state index in [0.717, 1.165) is 0 Å². The Morgan fingerprint density at radius 2 is 1.53 bits per heavy atom. The molecular formula is C11H21AlO5. The third kappa shape index (κ3) is 21.4. The van der Waals surface area contributed by atoms with Crippen molar-refractivity contribution >= 4 is 27.6 Å². The van der Waals surface area contributed by atoms with Crippen molar-refractivity contribution in [1.29, 1.82) is 0 Å². The van der Waals surface area contributed by atoms with Crippen molar-refractivity contribution in [3.63, 3.8) is 0 Å². The molecule has 0 aliphatic heterocycles. The summed E-state index contributed by atoms with van der Waals surface area (Å²) in [5.74, 6) is -1.58. The van der Waals surface area contributed by atoms with Crippen molar-refractivity contribution in [2.45, 2.75) is 59.7 Å². The van der Waals surface area contributed by atoms with Gasteiger partial charge in [0.15, 0.2) is 0 Å². The number of hydrogen-bond acceptors (Lipinski definition) is 5. The second kappa shape index (κ2) is 12.1. The maximum atomic E-state index is 10.2. The van der Waals surface area contributed by atoms with Crippen LogP contribution in [0.2, 0.25) is 0 Å². The van der Waals surface area contributed by atoms with E-state index in [-0.39, 0.29) is 28.1 Å². The van der Waals surface area contributed by atoms with E-state index in [1.165, 1.54) is 0 Å². The SMILES string of the molecule is CC(C)[O][Al+][O]C(C)C.CCC(=O)CC(=O)[O-]. The molecule has 0 heterocycles. The Morgan fingerprint density at radius 3 is 1.71 bits per heavy atom. The van der Waals surface area contributed by atoms with Crippen LogP contribution in [0.1, 0.15) is 47.5 Å². The summed E-state index contributed by atoms with van der Waals surface area (Å²) < 4.78 is 10.4. The van der Waals surface area contributed by atoms with E-state index in [2.05, 4.69) is 0 Å². The zero-order chi connectivity index (χ0) is 13.8. The van der Waals surface area contributed by atoms with Crippen molar-refractivity contribution in [2.24, 2.45) is 0 Å². The first kappa shape index (κ1) is 18.9. The van der Waals surface area contributed by atoms with Gasteiger partial charge in [0.1, 0.15) is 5.78 Å². The third-order valence-corrected chi connectivity index (χ3v) is 2.70. The minimum absolute atomic E-state index is 0.245. The van der Waals surface area contributed by atoms with Crippen LogP contribution in [0, 0.1) is 0 Å². The summed E-state index contributed by atoms with van der Waals surface area (Å²) in [5, 5.41) is 9.64. The number of carboxylic acids is 1. The van der Waals surface area contributed by atoms with E-state index in [1.54, 1.807) is 6.92 Å². The van der Waals surface area contributed by atoms with E-state index in [0.29, 0.717) is 12.2 Å². The molecule has 0 radical (unpaired) electrons. The first-order valence-electron chi connectivity index (χ1n) is 5.63. The standard InChI is InChI=1S/C5H8O3.2C3H7O.Al/c1-2-4(6)3-5(7)8;2*1-3(2)4;/h2-3H2,1H3,(H,7,8);2*3H,1-2H3;/q;2*-1;+3/p-1. The molecule has 0 aromatic carbocycles. The fraction of sp³-hybridized carbons (Fsp3) is 0.818. The Labute approximate surface area is 110 Å². The van der Waals surface area contributed by atoms with E-state index in [4.69, 9.17) is 7.58 Å². The van der Waals surface area contributed by atoms with Gasteiger partial charge in [-0.1, -0.05) is 6.92 Å². The monoisotopic (exact) mass is 260 g/mol. The largest absolute Gasteiger partial charge is 0.550 e. The molecule has 0 aromatic rings. The first-order chi connectivity index (χ1) is 7.79. The fourth-order valence-corrected chi connectivity index (χ4v) is 1.05. The molecule has 6 heteroatoms. The molecule has 0 fully saturated rings. The topological polar surface area (TPSA) is 75.7 Å². The Balaban J connectivity index is 0. The molecule has 0 saturated heterocycles. The normalized spacial score (nSPS) is 9.59. The molecule has 0 rings (SSSR count). The van der Waals surface area contributed by atoms with E-state index in [1.807, 2.05) is 27.7 Å². The zero-order valence-electron chi connectivity index (χ0n) is 11.2. The van der Waals surface area contributed by atoms with Gasteiger partial charge in [0, 0.05) is 18.8 Å². The number of carboxylic acid groups (broad SMARTS) is 1. The minimum Gasteiger partial charge on any atom is -0.550 e. The molecule has 98 valence electrons. The van der Waals surface area contributed by atoms with Crippen molar-refractivity contribution in [1.82, 2.24) is 0 Å². The molecule has 0 N–H and O–H groups in total. The molecule has 0 bridgehead atoms. The zero-order valence-corrected chi connectivity index (χ0v) is 12.3. The Bertz CT molecular complexity index is 208. The predicted octanol–water partition coefficient (Wildman–Crippen LogP) is 0.476. The van der Waals surface area contributed by atoms with Gasteiger partial charge in [-0.2, -0.15) is 0 Å². The van der Waals surface area contributed by atoms with Crippen LogP contribution in [0.3, 0.4) is 0 Å². The summed E-state index contributed by atoms with van der Waals surface area (Å²) in [7, 11) is 0. The molecule has 0 spiro atoms. The van der Waals surface area contributed by atoms with Crippen molar-refractivity contribution < 1.29 is 22.3 Å². The summed E-state index contributed by atoms with van der Waals surface area (Å²) >= 11 is -0.245. The number of carbonyl (C=O) groups is 2. The maximum Gasteiger partial charge on any atom is 0.138 e. The van der Waals surface area contributed by atoms with Gasteiger partial charge in [-0.05, 0) is 0 Å². The maximum absolute atomic E-state index is 10.2. The van der Waals surface area contributed by atoms with Crippen LogP contribution >= 0.6 is 0 Å². The molecule has 0 amide bonds. The Hall–Kier alpha value is -0.408. The number of ketones is 1. The molecule has 0 aliphatic rings. The second-order valence-electron chi connectivity index (χ2n) is 3.91. The van der Waals surface area contributed by atoms with E-state index < -0.39 is 12.4 Å².